The third-order valence-electron chi connectivity index (χ3n) is 1.51. The second-order valence-electron chi connectivity index (χ2n) is 2.15. The van der Waals surface area contributed by atoms with Crippen LogP contribution in [0.4, 0.5) is 0 Å². The third-order valence-corrected chi connectivity index (χ3v) is 4.68. The molecule has 1 aliphatic rings. The van der Waals surface area contributed by atoms with E-state index in [1.54, 1.807) is 0 Å². The van der Waals surface area contributed by atoms with Crippen LogP contribution in [0, 0.1) is 0 Å². The van der Waals surface area contributed by atoms with E-state index in [1.807, 2.05) is 0 Å². The molecule has 1 rings (SSSR count). The van der Waals surface area contributed by atoms with Crippen molar-refractivity contribution >= 4 is 23.5 Å². The molecule has 0 bridgehead atoms. The van der Waals surface area contributed by atoms with Crippen molar-refractivity contribution in [2.75, 3.05) is 11.5 Å². The van der Waals surface area contributed by atoms with E-state index in [0.29, 0.717) is 0 Å². The van der Waals surface area contributed by atoms with E-state index in [2.05, 4.69) is 37.4 Å². The van der Waals surface area contributed by atoms with Crippen molar-refractivity contribution in [3.05, 3.63) is 0 Å². The topological polar surface area (TPSA) is 0 Å². The Labute approximate surface area is 59.8 Å². The molecule has 8 heavy (non-hydrogen) atoms. The molecule has 0 aliphatic carbocycles. The van der Waals surface area contributed by atoms with Crippen LogP contribution in [0.5, 0.6) is 0 Å². The molecule has 0 unspecified atom stereocenters. The van der Waals surface area contributed by atoms with Gasteiger partial charge in [-0.15, -0.1) is 0 Å². The van der Waals surface area contributed by atoms with E-state index < -0.39 is 0 Å². The van der Waals surface area contributed by atoms with Gasteiger partial charge in [0.25, 0.3) is 0 Å². The molecule has 0 nitrogen and oxygen atoms in total. The van der Waals surface area contributed by atoms with Gasteiger partial charge in [-0.05, 0) is 0 Å². The van der Waals surface area contributed by atoms with Crippen molar-refractivity contribution in [1.29, 1.82) is 0 Å². The molecule has 0 saturated carbocycles. The fourth-order valence-corrected chi connectivity index (χ4v) is 3.27. The quantitative estimate of drug-likeness (QED) is 0.517. The van der Waals surface area contributed by atoms with Crippen LogP contribution in [0.2, 0.25) is 0 Å². The van der Waals surface area contributed by atoms with Crippen molar-refractivity contribution in [3.63, 3.8) is 0 Å². The Hall–Kier alpha value is 0.700. The van der Waals surface area contributed by atoms with Crippen LogP contribution < -0.4 is 0 Å². The zero-order valence-electron chi connectivity index (χ0n) is 5.39. The van der Waals surface area contributed by atoms with Gasteiger partial charge in [0.1, 0.15) is 0 Å². The lowest BCUT2D eigenvalue weighted by Crippen LogP contribution is -2.18. The van der Waals surface area contributed by atoms with Gasteiger partial charge in [-0.3, -0.25) is 0 Å². The predicted molar refractivity (Wildman–Crippen MR) is 43.8 cm³/mol. The molecule has 1 heterocycles. The van der Waals surface area contributed by atoms with Gasteiger partial charge in [0.15, 0.2) is 0 Å². The van der Waals surface area contributed by atoms with Crippen LogP contribution in [0.3, 0.4) is 0 Å². The van der Waals surface area contributed by atoms with Gasteiger partial charge in [-0.25, -0.2) is 0 Å². The summed E-state index contributed by atoms with van der Waals surface area (Å²) in [5.74, 6) is 2.71. The minimum absolute atomic E-state index is 0.883. The highest BCUT2D eigenvalue weighted by Crippen LogP contribution is 2.29. The Kier molecular flexibility index (Phi) is 2.57. The zero-order chi connectivity index (χ0) is 5.98. The monoisotopic (exact) mass is 148 g/mol. The molecular formula is C6H12S2. The number of hydrogen-bond donors (Lipinski definition) is 0. The molecule has 0 amide bonds. The molecule has 0 spiro atoms. The fraction of sp³-hybridized carbons (Fsp3) is 1.00. The average molecular weight is 148 g/mol. The summed E-state index contributed by atoms with van der Waals surface area (Å²) in [6, 6.07) is 0. The number of thioether (sulfide) groups is 2. The molecule has 1 saturated heterocycles. The van der Waals surface area contributed by atoms with Gasteiger partial charge in [0, 0.05) is 22.0 Å². The lowest BCUT2D eigenvalue weighted by atomic mass is 10.4. The molecular weight excluding hydrogens is 136 g/mol. The summed E-state index contributed by atoms with van der Waals surface area (Å²) < 4.78 is 0. The fourth-order valence-electron chi connectivity index (χ4n) is 0.739. The van der Waals surface area contributed by atoms with Gasteiger partial charge in [-0.2, -0.15) is 23.5 Å². The Balaban J connectivity index is 2.28. The first-order valence-corrected chi connectivity index (χ1v) is 5.13. The summed E-state index contributed by atoms with van der Waals surface area (Å²) in [6.07, 6.45) is 0. The van der Waals surface area contributed by atoms with Crippen LogP contribution in [-0.4, -0.2) is 22.0 Å². The molecule has 1 aliphatic heterocycles. The summed E-state index contributed by atoms with van der Waals surface area (Å²) in [7, 11) is 0. The summed E-state index contributed by atoms with van der Waals surface area (Å²) in [4.78, 5) is 0. The molecule has 0 N–H and O–H groups in total. The average Bonchev–Trinajstić information content (AvgIpc) is 1.77. The number of hydrogen-bond acceptors (Lipinski definition) is 2. The maximum Gasteiger partial charge on any atom is 0.0135 e. The minimum Gasteiger partial charge on any atom is -0.157 e. The SMILES string of the molecule is C[C@H]1SCCS[C@@H]1C. The summed E-state index contributed by atoms with van der Waals surface area (Å²) in [5, 5.41) is 1.77. The molecule has 0 aromatic carbocycles. The van der Waals surface area contributed by atoms with Crippen LogP contribution in [-0.2, 0) is 0 Å². The van der Waals surface area contributed by atoms with Crippen LogP contribution in [0.1, 0.15) is 13.8 Å². The highest BCUT2D eigenvalue weighted by molar-refractivity contribution is 8.07. The van der Waals surface area contributed by atoms with E-state index >= 15 is 0 Å². The highest BCUT2D eigenvalue weighted by atomic mass is 32.2. The van der Waals surface area contributed by atoms with Crippen molar-refractivity contribution in [2.24, 2.45) is 0 Å². The van der Waals surface area contributed by atoms with Crippen molar-refractivity contribution in [3.8, 4) is 0 Å². The Morgan fingerprint density at radius 1 is 1.00 bits per heavy atom. The predicted octanol–water partition coefficient (Wildman–Crippen LogP) is 2.24. The molecule has 2 heteroatoms. The first-order chi connectivity index (χ1) is 3.80. The number of rotatable bonds is 0. The molecule has 2 atom stereocenters. The van der Waals surface area contributed by atoms with E-state index in [9.17, 15) is 0 Å². The lowest BCUT2D eigenvalue weighted by molar-refractivity contribution is 0.918. The van der Waals surface area contributed by atoms with Crippen molar-refractivity contribution in [1.82, 2.24) is 0 Å². The first-order valence-electron chi connectivity index (χ1n) is 3.04. The van der Waals surface area contributed by atoms with E-state index in [1.165, 1.54) is 11.5 Å². The van der Waals surface area contributed by atoms with E-state index in [4.69, 9.17) is 0 Å². The zero-order valence-corrected chi connectivity index (χ0v) is 7.02. The van der Waals surface area contributed by atoms with Gasteiger partial charge in [-0.1, -0.05) is 13.8 Å². The standard InChI is InChI=1S/C6H12S2/c1-5-6(2)8-4-3-7-5/h5-6H,3-4H2,1-2H3/t5-,6-/m1/s1. The third kappa shape index (κ3) is 1.59. The first kappa shape index (κ1) is 6.81. The molecule has 0 aromatic heterocycles. The Bertz CT molecular complexity index is 62.9. The van der Waals surface area contributed by atoms with Gasteiger partial charge < -0.3 is 0 Å². The maximum atomic E-state index is 2.32. The summed E-state index contributed by atoms with van der Waals surface area (Å²) >= 11 is 4.21. The molecule has 0 aromatic rings. The smallest absolute Gasteiger partial charge is 0.0135 e. The molecule has 1 fully saturated rings. The highest BCUT2D eigenvalue weighted by Gasteiger charge is 2.16. The summed E-state index contributed by atoms with van der Waals surface area (Å²) in [6.45, 7) is 4.64. The van der Waals surface area contributed by atoms with E-state index in [-0.39, 0.29) is 0 Å². The minimum atomic E-state index is 0.883. The van der Waals surface area contributed by atoms with Crippen LogP contribution in [0.25, 0.3) is 0 Å². The normalized spacial score (nSPS) is 39.8. The largest absolute Gasteiger partial charge is 0.157 e. The molecule has 0 radical (unpaired) electrons. The van der Waals surface area contributed by atoms with E-state index in [0.717, 1.165) is 10.5 Å². The Morgan fingerprint density at radius 2 is 1.38 bits per heavy atom. The second kappa shape index (κ2) is 3.02. The second-order valence-corrected chi connectivity index (χ2v) is 5.12. The van der Waals surface area contributed by atoms with Crippen LogP contribution >= 0.6 is 23.5 Å². The van der Waals surface area contributed by atoms with Gasteiger partial charge in [0.2, 0.25) is 0 Å². The Morgan fingerprint density at radius 3 is 1.62 bits per heavy atom. The van der Waals surface area contributed by atoms with Crippen molar-refractivity contribution < 1.29 is 0 Å². The van der Waals surface area contributed by atoms with Crippen molar-refractivity contribution in [2.45, 2.75) is 24.3 Å². The summed E-state index contributed by atoms with van der Waals surface area (Å²) in [5.41, 5.74) is 0. The van der Waals surface area contributed by atoms with Gasteiger partial charge in [0.05, 0.1) is 0 Å². The van der Waals surface area contributed by atoms with Gasteiger partial charge >= 0.3 is 0 Å². The maximum absolute atomic E-state index is 2.32. The van der Waals surface area contributed by atoms with Crippen LogP contribution in [0.15, 0.2) is 0 Å². The molecule has 48 valence electrons. The lowest BCUT2D eigenvalue weighted by Gasteiger charge is -2.23.